The monoisotopic (exact) mass is 220 g/mol. The number of benzene rings is 1. The molecule has 1 unspecified atom stereocenters. The van der Waals surface area contributed by atoms with Gasteiger partial charge in [-0.15, -0.1) is 0 Å². The predicted molar refractivity (Wildman–Crippen MR) is 70.2 cm³/mol. The van der Waals surface area contributed by atoms with Gasteiger partial charge in [0.15, 0.2) is 0 Å². The fourth-order valence-corrected chi connectivity index (χ4v) is 1.85. The Morgan fingerprint density at radius 2 is 1.69 bits per heavy atom. The molecule has 0 radical (unpaired) electrons. The van der Waals surface area contributed by atoms with Crippen LogP contribution in [0.15, 0.2) is 24.3 Å². The van der Waals surface area contributed by atoms with Crippen molar-refractivity contribution in [3.63, 3.8) is 0 Å². The van der Waals surface area contributed by atoms with Crippen LogP contribution in [-0.4, -0.2) is 17.5 Å². The van der Waals surface area contributed by atoms with E-state index >= 15 is 0 Å². The molecule has 0 aliphatic carbocycles. The van der Waals surface area contributed by atoms with Crippen LogP contribution >= 0.6 is 0 Å². The molecule has 0 fully saturated rings. The number of nitrogens with zero attached hydrogens (tertiary/aromatic N) is 1. The molecule has 0 heterocycles. The van der Waals surface area contributed by atoms with E-state index < -0.39 is 0 Å². The SMILES string of the molecule is CCC(C)N(CC)Cc1ccc(CN)cc1. The molecule has 1 atom stereocenters. The van der Waals surface area contributed by atoms with Gasteiger partial charge in [0.25, 0.3) is 0 Å². The van der Waals surface area contributed by atoms with Gasteiger partial charge in [-0.1, -0.05) is 38.1 Å². The van der Waals surface area contributed by atoms with Gasteiger partial charge in [-0.2, -0.15) is 0 Å². The molecule has 0 aromatic heterocycles. The van der Waals surface area contributed by atoms with Crippen LogP contribution in [0, 0.1) is 0 Å². The molecule has 0 bridgehead atoms. The molecule has 0 saturated carbocycles. The van der Waals surface area contributed by atoms with Crippen LogP contribution in [0.1, 0.15) is 38.3 Å². The lowest BCUT2D eigenvalue weighted by molar-refractivity contribution is 0.206. The summed E-state index contributed by atoms with van der Waals surface area (Å²) >= 11 is 0. The van der Waals surface area contributed by atoms with E-state index in [0.717, 1.165) is 13.1 Å². The molecule has 2 heteroatoms. The molecule has 0 saturated heterocycles. The van der Waals surface area contributed by atoms with Crippen molar-refractivity contribution in [2.45, 2.75) is 46.3 Å². The van der Waals surface area contributed by atoms with Gasteiger partial charge >= 0.3 is 0 Å². The number of hydrogen-bond acceptors (Lipinski definition) is 2. The van der Waals surface area contributed by atoms with Gasteiger partial charge in [0.1, 0.15) is 0 Å². The van der Waals surface area contributed by atoms with Crippen molar-refractivity contribution in [3.05, 3.63) is 35.4 Å². The summed E-state index contributed by atoms with van der Waals surface area (Å²) < 4.78 is 0. The zero-order valence-electron chi connectivity index (χ0n) is 10.7. The Morgan fingerprint density at radius 1 is 1.12 bits per heavy atom. The van der Waals surface area contributed by atoms with E-state index in [1.165, 1.54) is 17.5 Å². The summed E-state index contributed by atoms with van der Waals surface area (Å²) in [6.45, 7) is 9.52. The highest BCUT2D eigenvalue weighted by molar-refractivity contribution is 5.22. The Morgan fingerprint density at radius 3 is 2.12 bits per heavy atom. The van der Waals surface area contributed by atoms with E-state index in [2.05, 4.69) is 49.9 Å². The summed E-state index contributed by atoms with van der Waals surface area (Å²) in [6.07, 6.45) is 1.20. The van der Waals surface area contributed by atoms with Crippen molar-refractivity contribution in [2.24, 2.45) is 5.73 Å². The zero-order chi connectivity index (χ0) is 12.0. The van der Waals surface area contributed by atoms with Gasteiger partial charge in [-0.05, 0) is 31.0 Å². The van der Waals surface area contributed by atoms with Crippen LogP contribution in [0.25, 0.3) is 0 Å². The third-order valence-corrected chi connectivity index (χ3v) is 3.26. The Labute approximate surface area is 99.5 Å². The lowest BCUT2D eigenvalue weighted by atomic mass is 10.1. The Bertz CT molecular complexity index is 292. The molecule has 1 aromatic rings. The highest BCUT2D eigenvalue weighted by Crippen LogP contribution is 2.11. The molecule has 2 N–H and O–H groups in total. The van der Waals surface area contributed by atoms with Crippen molar-refractivity contribution < 1.29 is 0 Å². The zero-order valence-corrected chi connectivity index (χ0v) is 10.7. The highest BCUT2D eigenvalue weighted by atomic mass is 15.1. The van der Waals surface area contributed by atoms with Crippen LogP contribution in [0.5, 0.6) is 0 Å². The molecule has 2 nitrogen and oxygen atoms in total. The summed E-state index contributed by atoms with van der Waals surface area (Å²) in [5, 5.41) is 0. The van der Waals surface area contributed by atoms with Gasteiger partial charge in [0.05, 0.1) is 0 Å². The second kappa shape index (κ2) is 6.66. The molecule has 0 spiro atoms. The average Bonchev–Trinajstić information content (AvgIpc) is 2.35. The van der Waals surface area contributed by atoms with Crippen molar-refractivity contribution in [3.8, 4) is 0 Å². The molecular formula is C14H24N2. The maximum absolute atomic E-state index is 5.59. The summed E-state index contributed by atoms with van der Waals surface area (Å²) in [6, 6.07) is 9.28. The van der Waals surface area contributed by atoms with Gasteiger partial charge in [-0.3, -0.25) is 4.90 Å². The second-order valence-corrected chi connectivity index (χ2v) is 4.34. The smallest absolute Gasteiger partial charge is 0.0236 e. The maximum atomic E-state index is 5.59. The van der Waals surface area contributed by atoms with Crippen molar-refractivity contribution in [2.75, 3.05) is 6.54 Å². The summed E-state index contributed by atoms with van der Waals surface area (Å²) in [5.74, 6) is 0. The third-order valence-electron chi connectivity index (χ3n) is 3.26. The average molecular weight is 220 g/mol. The highest BCUT2D eigenvalue weighted by Gasteiger charge is 2.09. The van der Waals surface area contributed by atoms with E-state index in [4.69, 9.17) is 5.73 Å². The molecule has 90 valence electrons. The van der Waals surface area contributed by atoms with E-state index in [-0.39, 0.29) is 0 Å². The normalized spacial score (nSPS) is 13.1. The van der Waals surface area contributed by atoms with E-state index in [9.17, 15) is 0 Å². The molecule has 1 rings (SSSR count). The van der Waals surface area contributed by atoms with E-state index in [0.29, 0.717) is 12.6 Å². The van der Waals surface area contributed by atoms with Gasteiger partial charge < -0.3 is 5.73 Å². The minimum Gasteiger partial charge on any atom is -0.326 e. The Balaban J connectivity index is 2.63. The largest absolute Gasteiger partial charge is 0.326 e. The van der Waals surface area contributed by atoms with Gasteiger partial charge in [-0.25, -0.2) is 0 Å². The third kappa shape index (κ3) is 3.62. The maximum Gasteiger partial charge on any atom is 0.0236 e. The molecule has 0 aliphatic rings. The fourth-order valence-electron chi connectivity index (χ4n) is 1.85. The van der Waals surface area contributed by atoms with Crippen LogP contribution < -0.4 is 5.73 Å². The Hall–Kier alpha value is -0.860. The molecule has 1 aromatic carbocycles. The minimum absolute atomic E-state index is 0.628. The van der Waals surface area contributed by atoms with Crippen LogP contribution in [0.2, 0.25) is 0 Å². The minimum atomic E-state index is 0.628. The van der Waals surface area contributed by atoms with E-state index in [1.807, 2.05) is 0 Å². The molecular weight excluding hydrogens is 196 g/mol. The van der Waals surface area contributed by atoms with Crippen LogP contribution in [-0.2, 0) is 13.1 Å². The standard InChI is InChI=1S/C14H24N2/c1-4-12(3)16(5-2)11-14-8-6-13(10-15)7-9-14/h6-9,12H,4-5,10-11,15H2,1-3H3. The first-order valence-corrected chi connectivity index (χ1v) is 6.23. The first kappa shape index (κ1) is 13.2. The number of rotatable bonds is 6. The van der Waals surface area contributed by atoms with Gasteiger partial charge in [0.2, 0.25) is 0 Å². The summed E-state index contributed by atoms with van der Waals surface area (Å²) in [7, 11) is 0. The molecule has 0 amide bonds. The van der Waals surface area contributed by atoms with Gasteiger partial charge in [0, 0.05) is 19.1 Å². The quantitative estimate of drug-likeness (QED) is 0.798. The van der Waals surface area contributed by atoms with E-state index in [1.54, 1.807) is 0 Å². The number of hydrogen-bond donors (Lipinski definition) is 1. The Kier molecular flexibility index (Phi) is 5.50. The van der Waals surface area contributed by atoms with Crippen LogP contribution in [0.3, 0.4) is 0 Å². The second-order valence-electron chi connectivity index (χ2n) is 4.34. The van der Waals surface area contributed by atoms with Crippen molar-refractivity contribution >= 4 is 0 Å². The topological polar surface area (TPSA) is 29.3 Å². The lowest BCUT2D eigenvalue weighted by Crippen LogP contribution is -2.31. The van der Waals surface area contributed by atoms with Crippen molar-refractivity contribution in [1.29, 1.82) is 0 Å². The molecule has 0 aliphatic heterocycles. The molecule has 16 heavy (non-hydrogen) atoms. The lowest BCUT2D eigenvalue weighted by Gasteiger charge is -2.27. The summed E-state index contributed by atoms with van der Waals surface area (Å²) in [4.78, 5) is 2.50. The predicted octanol–water partition coefficient (Wildman–Crippen LogP) is 2.77. The van der Waals surface area contributed by atoms with Crippen molar-refractivity contribution in [1.82, 2.24) is 4.90 Å². The fraction of sp³-hybridized carbons (Fsp3) is 0.571. The number of nitrogens with two attached hydrogens (primary N) is 1. The first-order valence-electron chi connectivity index (χ1n) is 6.23. The van der Waals surface area contributed by atoms with Crippen LogP contribution in [0.4, 0.5) is 0 Å². The summed E-state index contributed by atoms with van der Waals surface area (Å²) in [5.41, 5.74) is 8.17. The first-order chi connectivity index (χ1) is 7.71.